The number of halogens is 1. The van der Waals surface area contributed by atoms with Crippen molar-refractivity contribution in [3.8, 4) is 0 Å². The number of hydrogen-bond acceptors (Lipinski definition) is 3. The van der Waals surface area contributed by atoms with Crippen molar-refractivity contribution in [2.24, 2.45) is 0 Å². The van der Waals surface area contributed by atoms with Gasteiger partial charge in [0, 0.05) is 31.9 Å². The molecular formula is C22H26FN3O2. The lowest BCUT2D eigenvalue weighted by molar-refractivity contribution is -0.143. The number of nitrogens with zero attached hydrogens (tertiary/aromatic N) is 2. The van der Waals surface area contributed by atoms with Gasteiger partial charge in [0.25, 0.3) is 0 Å². The Balaban J connectivity index is 1.65. The van der Waals surface area contributed by atoms with Crippen LogP contribution in [0.25, 0.3) is 0 Å². The summed E-state index contributed by atoms with van der Waals surface area (Å²) in [5.74, 6) is -1.22. The molecule has 1 saturated heterocycles. The van der Waals surface area contributed by atoms with Crippen molar-refractivity contribution in [1.29, 1.82) is 0 Å². The molecule has 1 aliphatic heterocycles. The number of anilines is 2. The molecule has 1 N–H and O–H groups in total. The molecule has 3 rings (SSSR count). The molecule has 0 spiro atoms. The minimum absolute atomic E-state index is 0.231. The summed E-state index contributed by atoms with van der Waals surface area (Å²) in [6.07, 6.45) is 0. The first-order valence-electron chi connectivity index (χ1n) is 9.57. The van der Waals surface area contributed by atoms with Crippen LogP contribution in [0.4, 0.5) is 15.8 Å². The quantitative estimate of drug-likeness (QED) is 0.825. The van der Waals surface area contributed by atoms with Crippen molar-refractivity contribution in [3.63, 3.8) is 0 Å². The lowest BCUT2D eigenvalue weighted by atomic mass is 9.98. The molecule has 0 aromatic heterocycles. The van der Waals surface area contributed by atoms with E-state index in [-0.39, 0.29) is 11.7 Å². The summed E-state index contributed by atoms with van der Waals surface area (Å²) in [5.41, 5.74) is 3.17. The molecule has 1 fully saturated rings. The van der Waals surface area contributed by atoms with Crippen LogP contribution in [0.2, 0.25) is 0 Å². The van der Waals surface area contributed by atoms with Crippen molar-refractivity contribution in [2.45, 2.75) is 26.7 Å². The number of para-hydroxylation sites is 2. The van der Waals surface area contributed by atoms with E-state index in [0.717, 1.165) is 11.1 Å². The zero-order chi connectivity index (χ0) is 20.3. The van der Waals surface area contributed by atoms with Crippen LogP contribution in [0.5, 0.6) is 0 Å². The highest BCUT2D eigenvalue weighted by molar-refractivity contribution is 6.39. The molecule has 2 aromatic carbocycles. The summed E-state index contributed by atoms with van der Waals surface area (Å²) in [6.45, 7) is 7.75. The van der Waals surface area contributed by atoms with Gasteiger partial charge < -0.3 is 15.1 Å². The monoisotopic (exact) mass is 383 g/mol. The first-order valence-corrected chi connectivity index (χ1v) is 9.57. The smallest absolute Gasteiger partial charge is 0.313 e. The maximum atomic E-state index is 14.0. The molecule has 1 heterocycles. The lowest BCUT2D eigenvalue weighted by Gasteiger charge is -2.35. The Hall–Kier alpha value is -2.89. The van der Waals surface area contributed by atoms with Gasteiger partial charge in [-0.1, -0.05) is 44.2 Å². The van der Waals surface area contributed by atoms with E-state index in [2.05, 4.69) is 5.32 Å². The maximum absolute atomic E-state index is 14.0. The normalized spacial score (nSPS) is 14.3. The number of hydrogen-bond donors (Lipinski definition) is 1. The molecule has 28 heavy (non-hydrogen) atoms. The van der Waals surface area contributed by atoms with Gasteiger partial charge >= 0.3 is 11.8 Å². The van der Waals surface area contributed by atoms with Crippen LogP contribution in [-0.4, -0.2) is 42.9 Å². The predicted molar refractivity (Wildman–Crippen MR) is 109 cm³/mol. The number of benzene rings is 2. The van der Waals surface area contributed by atoms with E-state index < -0.39 is 11.8 Å². The third-order valence-electron chi connectivity index (χ3n) is 5.12. The highest BCUT2D eigenvalue weighted by Gasteiger charge is 2.27. The summed E-state index contributed by atoms with van der Waals surface area (Å²) in [5, 5.41) is 2.81. The van der Waals surface area contributed by atoms with Crippen molar-refractivity contribution in [1.82, 2.24) is 4.90 Å². The van der Waals surface area contributed by atoms with E-state index in [1.54, 1.807) is 18.2 Å². The molecule has 0 aliphatic carbocycles. The Labute approximate surface area is 165 Å². The molecule has 0 radical (unpaired) electrons. The van der Waals surface area contributed by atoms with Gasteiger partial charge in [-0.25, -0.2) is 4.39 Å². The number of nitrogens with one attached hydrogen (secondary N) is 1. The first kappa shape index (κ1) is 19.9. The molecule has 0 unspecified atom stereocenters. The molecule has 2 amide bonds. The summed E-state index contributed by atoms with van der Waals surface area (Å²) in [6, 6.07) is 12.4. The van der Waals surface area contributed by atoms with Crippen LogP contribution in [0.3, 0.4) is 0 Å². The van der Waals surface area contributed by atoms with E-state index in [1.165, 1.54) is 11.0 Å². The fourth-order valence-electron chi connectivity index (χ4n) is 3.51. The fourth-order valence-corrected chi connectivity index (χ4v) is 3.51. The molecule has 2 aromatic rings. The van der Waals surface area contributed by atoms with Gasteiger partial charge in [0.2, 0.25) is 0 Å². The number of piperazine rings is 1. The minimum Gasteiger partial charge on any atom is -0.366 e. The maximum Gasteiger partial charge on any atom is 0.313 e. The second-order valence-electron chi connectivity index (χ2n) is 7.38. The summed E-state index contributed by atoms with van der Waals surface area (Å²) < 4.78 is 14.0. The number of amides is 2. The molecule has 6 heteroatoms. The van der Waals surface area contributed by atoms with E-state index in [4.69, 9.17) is 0 Å². The second kappa shape index (κ2) is 8.42. The van der Waals surface area contributed by atoms with Gasteiger partial charge in [-0.2, -0.15) is 0 Å². The second-order valence-corrected chi connectivity index (χ2v) is 7.38. The molecule has 148 valence electrons. The Morgan fingerprint density at radius 2 is 1.68 bits per heavy atom. The van der Waals surface area contributed by atoms with Crippen LogP contribution >= 0.6 is 0 Å². The number of carbonyl (C=O) groups excluding carboxylic acids is 2. The summed E-state index contributed by atoms with van der Waals surface area (Å²) >= 11 is 0. The Morgan fingerprint density at radius 1 is 1.00 bits per heavy atom. The van der Waals surface area contributed by atoms with Gasteiger partial charge in [0.05, 0.1) is 5.69 Å². The Kier molecular flexibility index (Phi) is 5.97. The van der Waals surface area contributed by atoms with Crippen molar-refractivity contribution in [2.75, 3.05) is 36.4 Å². The van der Waals surface area contributed by atoms with Gasteiger partial charge in [-0.3, -0.25) is 9.59 Å². The molecule has 0 atom stereocenters. The average Bonchev–Trinajstić information content (AvgIpc) is 2.69. The van der Waals surface area contributed by atoms with Crippen LogP contribution in [-0.2, 0) is 9.59 Å². The van der Waals surface area contributed by atoms with E-state index >= 15 is 0 Å². The third kappa shape index (κ3) is 4.16. The first-order chi connectivity index (χ1) is 13.4. The van der Waals surface area contributed by atoms with Crippen LogP contribution in [0.15, 0.2) is 42.5 Å². The van der Waals surface area contributed by atoms with Gasteiger partial charge in [-0.05, 0) is 36.1 Å². The average molecular weight is 383 g/mol. The van der Waals surface area contributed by atoms with Crippen molar-refractivity contribution < 1.29 is 14.0 Å². The number of rotatable bonds is 3. The molecule has 0 saturated carbocycles. The summed E-state index contributed by atoms with van der Waals surface area (Å²) in [4.78, 5) is 28.6. The molecular weight excluding hydrogens is 357 g/mol. The highest BCUT2D eigenvalue weighted by Crippen LogP contribution is 2.27. The van der Waals surface area contributed by atoms with Gasteiger partial charge in [-0.15, -0.1) is 0 Å². The highest BCUT2D eigenvalue weighted by atomic mass is 19.1. The molecule has 1 aliphatic rings. The topological polar surface area (TPSA) is 52.7 Å². The van der Waals surface area contributed by atoms with E-state index in [1.807, 2.05) is 43.9 Å². The van der Waals surface area contributed by atoms with Gasteiger partial charge in [0.15, 0.2) is 0 Å². The van der Waals surface area contributed by atoms with Crippen molar-refractivity contribution >= 4 is 23.2 Å². The van der Waals surface area contributed by atoms with Crippen LogP contribution < -0.4 is 10.2 Å². The third-order valence-corrected chi connectivity index (χ3v) is 5.12. The minimum atomic E-state index is -0.629. The number of aryl methyl sites for hydroxylation is 1. The Bertz CT molecular complexity index is 874. The standard InChI is InChI=1S/C22H26FN3O2/c1-15(2)17-8-6-7-16(3)20(17)24-21(27)22(28)26-13-11-25(12-14-26)19-10-5-4-9-18(19)23/h4-10,15H,11-14H2,1-3H3,(H,24,27). The zero-order valence-electron chi connectivity index (χ0n) is 16.5. The fraction of sp³-hybridized carbons (Fsp3) is 0.364. The van der Waals surface area contributed by atoms with Crippen molar-refractivity contribution in [3.05, 3.63) is 59.4 Å². The SMILES string of the molecule is Cc1cccc(C(C)C)c1NC(=O)C(=O)N1CCN(c2ccccc2F)CC1. The summed E-state index contributed by atoms with van der Waals surface area (Å²) in [7, 11) is 0. The number of carbonyl (C=O) groups is 2. The van der Waals surface area contributed by atoms with E-state index in [9.17, 15) is 14.0 Å². The Morgan fingerprint density at radius 3 is 2.32 bits per heavy atom. The van der Waals surface area contributed by atoms with E-state index in [0.29, 0.717) is 37.6 Å². The zero-order valence-corrected chi connectivity index (χ0v) is 16.5. The molecule has 0 bridgehead atoms. The predicted octanol–water partition coefficient (Wildman–Crippen LogP) is 3.54. The lowest BCUT2D eigenvalue weighted by Crippen LogP contribution is -2.51. The largest absolute Gasteiger partial charge is 0.366 e. The van der Waals surface area contributed by atoms with Crippen LogP contribution in [0.1, 0.15) is 30.9 Å². The van der Waals surface area contributed by atoms with Gasteiger partial charge in [0.1, 0.15) is 5.82 Å². The molecule has 5 nitrogen and oxygen atoms in total. The van der Waals surface area contributed by atoms with Crippen LogP contribution in [0, 0.1) is 12.7 Å².